The van der Waals surface area contributed by atoms with Crippen molar-refractivity contribution >= 4 is 0 Å². The largest absolute Gasteiger partial charge is 0.376 e. The number of aromatic nitrogens is 2. The van der Waals surface area contributed by atoms with Gasteiger partial charge in [0.2, 0.25) is 0 Å². The van der Waals surface area contributed by atoms with Gasteiger partial charge in [-0.15, -0.1) is 0 Å². The van der Waals surface area contributed by atoms with E-state index >= 15 is 0 Å². The molecular formula is C14H25N3O. The molecule has 1 unspecified atom stereocenters. The van der Waals surface area contributed by atoms with Crippen LogP contribution in [0.2, 0.25) is 0 Å². The highest BCUT2D eigenvalue weighted by Gasteiger charge is 2.18. The summed E-state index contributed by atoms with van der Waals surface area (Å²) in [7, 11) is 0. The number of nitrogens with zero attached hydrogens (tertiary/aromatic N) is 2. The SMILES string of the molecule is CCNCc1c(C)nn(CC2CCCCO2)c1C. The maximum Gasteiger partial charge on any atom is 0.0771 e. The van der Waals surface area contributed by atoms with E-state index in [4.69, 9.17) is 4.74 Å². The fourth-order valence-corrected chi connectivity index (χ4v) is 2.56. The molecule has 1 N–H and O–H groups in total. The van der Waals surface area contributed by atoms with E-state index in [0.717, 1.165) is 31.9 Å². The van der Waals surface area contributed by atoms with E-state index in [1.54, 1.807) is 0 Å². The molecule has 4 heteroatoms. The van der Waals surface area contributed by atoms with Gasteiger partial charge in [-0.05, 0) is 39.7 Å². The molecule has 18 heavy (non-hydrogen) atoms. The molecule has 1 atom stereocenters. The van der Waals surface area contributed by atoms with Crippen LogP contribution in [0.3, 0.4) is 0 Å². The minimum Gasteiger partial charge on any atom is -0.376 e. The van der Waals surface area contributed by atoms with Crippen LogP contribution in [0.15, 0.2) is 0 Å². The number of ether oxygens (including phenoxy) is 1. The predicted octanol–water partition coefficient (Wildman–Crippen LogP) is 2.18. The average molecular weight is 251 g/mol. The van der Waals surface area contributed by atoms with Crippen molar-refractivity contribution in [1.29, 1.82) is 0 Å². The van der Waals surface area contributed by atoms with Crippen LogP contribution in [0, 0.1) is 13.8 Å². The van der Waals surface area contributed by atoms with Crippen LogP contribution in [0.25, 0.3) is 0 Å². The van der Waals surface area contributed by atoms with E-state index in [1.165, 1.54) is 30.5 Å². The maximum absolute atomic E-state index is 5.79. The van der Waals surface area contributed by atoms with E-state index in [2.05, 4.69) is 35.9 Å². The summed E-state index contributed by atoms with van der Waals surface area (Å²) in [5.74, 6) is 0. The summed E-state index contributed by atoms with van der Waals surface area (Å²) in [5, 5.41) is 8.03. The number of hydrogen-bond acceptors (Lipinski definition) is 3. The predicted molar refractivity (Wildman–Crippen MR) is 72.7 cm³/mol. The zero-order valence-corrected chi connectivity index (χ0v) is 11.8. The molecule has 0 amide bonds. The second kappa shape index (κ2) is 6.34. The van der Waals surface area contributed by atoms with Gasteiger partial charge < -0.3 is 10.1 Å². The van der Waals surface area contributed by atoms with Crippen molar-refractivity contribution in [3.8, 4) is 0 Å². The highest BCUT2D eigenvalue weighted by atomic mass is 16.5. The Morgan fingerprint density at radius 1 is 1.39 bits per heavy atom. The van der Waals surface area contributed by atoms with Gasteiger partial charge in [0.15, 0.2) is 0 Å². The first-order valence-corrected chi connectivity index (χ1v) is 7.07. The van der Waals surface area contributed by atoms with Crippen molar-refractivity contribution < 1.29 is 4.74 Å². The van der Waals surface area contributed by atoms with Crippen molar-refractivity contribution in [1.82, 2.24) is 15.1 Å². The third kappa shape index (κ3) is 3.12. The molecule has 0 bridgehead atoms. The fourth-order valence-electron chi connectivity index (χ4n) is 2.56. The molecule has 102 valence electrons. The highest BCUT2D eigenvalue weighted by molar-refractivity contribution is 5.24. The van der Waals surface area contributed by atoms with Crippen molar-refractivity contribution in [3.05, 3.63) is 17.0 Å². The minimum absolute atomic E-state index is 0.351. The Morgan fingerprint density at radius 2 is 2.22 bits per heavy atom. The Bertz CT molecular complexity index is 381. The lowest BCUT2D eigenvalue weighted by Gasteiger charge is -2.23. The Morgan fingerprint density at radius 3 is 2.89 bits per heavy atom. The Balaban J connectivity index is 2.03. The standard InChI is InChI=1S/C14H25N3O/c1-4-15-9-14-11(2)16-17(12(14)3)10-13-7-5-6-8-18-13/h13,15H,4-10H2,1-3H3. The molecule has 4 nitrogen and oxygen atoms in total. The molecule has 0 spiro atoms. The number of nitrogens with one attached hydrogen (secondary N) is 1. The maximum atomic E-state index is 5.79. The lowest BCUT2D eigenvalue weighted by molar-refractivity contribution is 0.00360. The lowest BCUT2D eigenvalue weighted by Crippen LogP contribution is -2.25. The second-order valence-electron chi connectivity index (χ2n) is 5.10. The van der Waals surface area contributed by atoms with Gasteiger partial charge >= 0.3 is 0 Å². The first-order chi connectivity index (χ1) is 8.72. The van der Waals surface area contributed by atoms with Crippen molar-refractivity contribution in [2.75, 3.05) is 13.2 Å². The first-order valence-electron chi connectivity index (χ1n) is 7.07. The molecular weight excluding hydrogens is 226 g/mol. The van der Waals surface area contributed by atoms with Crippen LogP contribution in [-0.4, -0.2) is 29.0 Å². The van der Waals surface area contributed by atoms with Gasteiger partial charge in [-0.3, -0.25) is 4.68 Å². The van der Waals surface area contributed by atoms with Crippen LogP contribution in [0.5, 0.6) is 0 Å². The molecule has 1 saturated heterocycles. The van der Waals surface area contributed by atoms with Gasteiger partial charge in [0.25, 0.3) is 0 Å². The molecule has 0 radical (unpaired) electrons. The molecule has 1 aromatic heterocycles. The van der Waals surface area contributed by atoms with E-state index in [0.29, 0.717) is 6.10 Å². The van der Waals surface area contributed by atoms with Crippen molar-refractivity contribution in [3.63, 3.8) is 0 Å². The fraction of sp³-hybridized carbons (Fsp3) is 0.786. The van der Waals surface area contributed by atoms with Crippen LogP contribution >= 0.6 is 0 Å². The topological polar surface area (TPSA) is 39.1 Å². The molecule has 1 aliphatic heterocycles. The monoisotopic (exact) mass is 251 g/mol. The van der Waals surface area contributed by atoms with Crippen molar-refractivity contribution in [2.45, 2.75) is 59.2 Å². The van der Waals surface area contributed by atoms with Gasteiger partial charge in [0.1, 0.15) is 0 Å². The molecule has 2 rings (SSSR count). The number of rotatable bonds is 5. The normalized spacial score (nSPS) is 20.3. The first kappa shape index (κ1) is 13.6. The summed E-state index contributed by atoms with van der Waals surface area (Å²) < 4.78 is 7.91. The molecule has 1 aliphatic rings. The second-order valence-corrected chi connectivity index (χ2v) is 5.10. The van der Waals surface area contributed by atoms with Gasteiger partial charge in [0.05, 0.1) is 18.3 Å². The molecule has 1 fully saturated rings. The zero-order valence-electron chi connectivity index (χ0n) is 11.8. The van der Waals surface area contributed by atoms with E-state index in [-0.39, 0.29) is 0 Å². The summed E-state index contributed by atoms with van der Waals surface area (Å²) in [6.07, 6.45) is 4.01. The molecule has 1 aromatic rings. The average Bonchev–Trinajstić information content (AvgIpc) is 2.64. The number of hydrogen-bond donors (Lipinski definition) is 1. The summed E-state index contributed by atoms with van der Waals surface area (Å²) in [6, 6.07) is 0. The quantitative estimate of drug-likeness (QED) is 0.872. The van der Waals surface area contributed by atoms with E-state index in [9.17, 15) is 0 Å². The van der Waals surface area contributed by atoms with Gasteiger partial charge in [-0.25, -0.2) is 0 Å². The Labute approximate surface area is 110 Å². The molecule has 0 saturated carbocycles. The smallest absolute Gasteiger partial charge is 0.0771 e. The van der Waals surface area contributed by atoms with Gasteiger partial charge in [-0.2, -0.15) is 5.10 Å². The van der Waals surface area contributed by atoms with Crippen molar-refractivity contribution in [2.24, 2.45) is 0 Å². The lowest BCUT2D eigenvalue weighted by atomic mass is 10.1. The number of aryl methyl sites for hydroxylation is 1. The van der Waals surface area contributed by atoms with Crippen LogP contribution in [0.1, 0.15) is 43.1 Å². The summed E-state index contributed by atoms with van der Waals surface area (Å²) in [4.78, 5) is 0. The molecule has 0 aliphatic carbocycles. The zero-order chi connectivity index (χ0) is 13.0. The van der Waals surface area contributed by atoms with Gasteiger partial charge in [-0.1, -0.05) is 6.92 Å². The summed E-state index contributed by atoms with van der Waals surface area (Å²) in [6.45, 7) is 10.1. The van der Waals surface area contributed by atoms with Gasteiger partial charge in [0, 0.05) is 24.4 Å². The Hall–Kier alpha value is -0.870. The Kier molecular flexibility index (Phi) is 4.78. The third-order valence-electron chi connectivity index (χ3n) is 3.73. The summed E-state index contributed by atoms with van der Waals surface area (Å²) in [5.41, 5.74) is 3.76. The highest BCUT2D eigenvalue weighted by Crippen LogP contribution is 2.18. The molecule has 2 heterocycles. The molecule has 0 aromatic carbocycles. The van der Waals surface area contributed by atoms with E-state index in [1.807, 2.05) is 0 Å². The van der Waals surface area contributed by atoms with Crippen LogP contribution < -0.4 is 5.32 Å². The van der Waals surface area contributed by atoms with Crippen LogP contribution in [-0.2, 0) is 17.8 Å². The van der Waals surface area contributed by atoms with E-state index < -0.39 is 0 Å². The third-order valence-corrected chi connectivity index (χ3v) is 3.73. The van der Waals surface area contributed by atoms with Crippen LogP contribution in [0.4, 0.5) is 0 Å². The summed E-state index contributed by atoms with van der Waals surface area (Å²) >= 11 is 0. The minimum atomic E-state index is 0.351.